The van der Waals surface area contributed by atoms with Gasteiger partial charge in [0.1, 0.15) is 0 Å². The molecular weight excluding hydrogens is 242 g/mol. The lowest BCUT2D eigenvalue weighted by Crippen LogP contribution is -2.09. The summed E-state index contributed by atoms with van der Waals surface area (Å²) in [6.45, 7) is 4.30. The van der Waals surface area contributed by atoms with Gasteiger partial charge in [0.25, 0.3) is 0 Å². The summed E-state index contributed by atoms with van der Waals surface area (Å²) in [4.78, 5) is 4.86. The number of nitrogens with zero attached hydrogens (tertiary/aromatic N) is 1. The lowest BCUT2D eigenvalue weighted by atomic mass is 9.92. The Bertz CT molecular complexity index is 624. The first kappa shape index (κ1) is 11.5. The van der Waals surface area contributed by atoms with Crippen LogP contribution in [0.3, 0.4) is 0 Å². The van der Waals surface area contributed by atoms with E-state index in [9.17, 15) is 0 Å². The summed E-state index contributed by atoms with van der Waals surface area (Å²) in [6, 6.07) is 16.3. The van der Waals surface area contributed by atoms with Gasteiger partial charge in [0, 0.05) is 16.1 Å². The highest BCUT2D eigenvalue weighted by molar-refractivity contribution is 6.30. The van der Waals surface area contributed by atoms with Gasteiger partial charge in [0.2, 0.25) is 0 Å². The van der Waals surface area contributed by atoms with Gasteiger partial charge in [-0.3, -0.25) is 4.99 Å². The number of aliphatic imine (C=N–C) groups is 1. The van der Waals surface area contributed by atoms with Gasteiger partial charge in [-0.15, -0.1) is 0 Å². The first-order valence-electron chi connectivity index (χ1n) is 6.03. The fraction of sp³-hybridized carbons (Fsp3) is 0.188. The third-order valence-corrected chi connectivity index (χ3v) is 3.60. The molecule has 0 N–H and O–H groups in total. The highest BCUT2D eigenvalue weighted by Gasteiger charge is 2.31. The molecule has 0 amide bonds. The Morgan fingerprint density at radius 3 is 2.33 bits per heavy atom. The van der Waals surface area contributed by atoms with E-state index in [2.05, 4.69) is 38.1 Å². The van der Waals surface area contributed by atoms with Gasteiger partial charge in [-0.05, 0) is 31.5 Å². The molecule has 0 aliphatic carbocycles. The molecule has 2 heteroatoms. The van der Waals surface area contributed by atoms with Crippen LogP contribution in [0.15, 0.2) is 53.5 Å². The smallest absolute Gasteiger partial charge is 0.0814 e. The van der Waals surface area contributed by atoms with Gasteiger partial charge < -0.3 is 0 Å². The molecule has 0 aromatic heterocycles. The zero-order valence-corrected chi connectivity index (χ0v) is 11.2. The molecule has 0 radical (unpaired) electrons. The predicted octanol–water partition coefficient (Wildman–Crippen LogP) is 4.43. The van der Waals surface area contributed by atoms with E-state index < -0.39 is 0 Å². The minimum absolute atomic E-state index is 0.147. The molecule has 1 aliphatic heterocycles. The van der Waals surface area contributed by atoms with Crippen LogP contribution in [0.2, 0.25) is 5.02 Å². The average molecular weight is 256 g/mol. The van der Waals surface area contributed by atoms with Crippen molar-refractivity contribution < 1.29 is 0 Å². The molecule has 1 aliphatic rings. The monoisotopic (exact) mass is 255 g/mol. The molecule has 0 bridgehead atoms. The third-order valence-electron chi connectivity index (χ3n) is 3.35. The highest BCUT2D eigenvalue weighted by Crippen LogP contribution is 2.36. The molecule has 2 aromatic rings. The Morgan fingerprint density at radius 2 is 1.61 bits per heavy atom. The molecule has 0 spiro atoms. The molecule has 1 heterocycles. The van der Waals surface area contributed by atoms with E-state index in [0.29, 0.717) is 0 Å². The van der Waals surface area contributed by atoms with Gasteiger partial charge in [-0.25, -0.2) is 0 Å². The van der Waals surface area contributed by atoms with Gasteiger partial charge in [0.05, 0.1) is 11.3 Å². The molecule has 0 fully saturated rings. The summed E-state index contributed by atoms with van der Waals surface area (Å²) in [5.74, 6) is 0. The number of hydrogen-bond donors (Lipinski definition) is 0. The molecular formula is C16H14ClN. The largest absolute Gasteiger partial charge is 0.273 e. The molecule has 1 nitrogen and oxygen atoms in total. The van der Waals surface area contributed by atoms with Crippen molar-refractivity contribution in [3.05, 3.63) is 70.2 Å². The lowest BCUT2D eigenvalue weighted by molar-refractivity contribution is 0.572. The fourth-order valence-corrected chi connectivity index (χ4v) is 2.58. The molecule has 2 aromatic carbocycles. The van der Waals surface area contributed by atoms with Gasteiger partial charge in [-0.1, -0.05) is 48.0 Å². The van der Waals surface area contributed by atoms with Crippen LogP contribution in [-0.2, 0) is 5.54 Å². The normalized spacial score (nSPS) is 16.3. The van der Waals surface area contributed by atoms with Crippen molar-refractivity contribution in [2.45, 2.75) is 19.4 Å². The summed E-state index contributed by atoms with van der Waals surface area (Å²) < 4.78 is 0. The third kappa shape index (κ3) is 1.75. The molecule has 90 valence electrons. The van der Waals surface area contributed by atoms with Crippen LogP contribution in [0.1, 0.15) is 30.5 Å². The maximum atomic E-state index is 5.93. The minimum Gasteiger partial charge on any atom is -0.273 e. The fourth-order valence-electron chi connectivity index (χ4n) is 2.45. The lowest BCUT2D eigenvalue weighted by Gasteiger charge is -2.15. The van der Waals surface area contributed by atoms with Crippen molar-refractivity contribution in [1.82, 2.24) is 0 Å². The summed E-state index contributed by atoms with van der Waals surface area (Å²) >= 11 is 5.93. The van der Waals surface area contributed by atoms with Crippen molar-refractivity contribution in [2.75, 3.05) is 0 Å². The summed E-state index contributed by atoms with van der Waals surface area (Å²) in [6.07, 6.45) is 0. The van der Waals surface area contributed by atoms with Crippen LogP contribution in [0.5, 0.6) is 0 Å². The number of hydrogen-bond acceptors (Lipinski definition) is 1. The Kier molecular flexibility index (Phi) is 2.53. The Labute approximate surface area is 112 Å². The Morgan fingerprint density at radius 1 is 0.944 bits per heavy atom. The highest BCUT2D eigenvalue weighted by atomic mass is 35.5. The SMILES string of the molecule is CC1(C)N=C(c2ccc(Cl)cc2)c2ccccc21. The van der Waals surface area contributed by atoms with E-state index >= 15 is 0 Å². The van der Waals surface area contributed by atoms with Crippen LogP contribution in [0.4, 0.5) is 0 Å². The number of rotatable bonds is 1. The van der Waals surface area contributed by atoms with E-state index in [0.717, 1.165) is 16.3 Å². The van der Waals surface area contributed by atoms with Crippen molar-refractivity contribution in [1.29, 1.82) is 0 Å². The second kappa shape index (κ2) is 3.96. The predicted molar refractivity (Wildman–Crippen MR) is 76.6 cm³/mol. The van der Waals surface area contributed by atoms with Crippen LogP contribution in [-0.4, -0.2) is 5.71 Å². The molecule has 0 saturated heterocycles. The van der Waals surface area contributed by atoms with E-state index in [1.54, 1.807) is 0 Å². The molecule has 0 atom stereocenters. The number of halogens is 1. The average Bonchev–Trinajstić information content (AvgIpc) is 2.63. The Hall–Kier alpha value is -1.60. The first-order chi connectivity index (χ1) is 8.58. The van der Waals surface area contributed by atoms with Crippen LogP contribution in [0, 0.1) is 0 Å². The quantitative estimate of drug-likeness (QED) is 0.715. The molecule has 18 heavy (non-hydrogen) atoms. The van der Waals surface area contributed by atoms with E-state index in [4.69, 9.17) is 16.6 Å². The summed E-state index contributed by atoms with van der Waals surface area (Å²) in [7, 11) is 0. The van der Waals surface area contributed by atoms with Crippen LogP contribution < -0.4 is 0 Å². The standard InChI is InChI=1S/C16H14ClN/c1-16(2)14-6-4-3-5-13(14)15(18-16)11-7-9-12(17)10-8-11/h3-10H,1-2H3. The molecule has 0 saturated carbocycles. The van der Waals surface area contributed by atoms with E-state index in [-0.39, 0.29) is 5.54 Å². The second-order valence-electron chi connectivity index (χ2n) is 5.07. The van der Waals surface area contributed by atoms with Crippen LogP contribution >= 0.6 is 11.6 Å². The topological polar surface area (TPSA) is 12.4 Å². The second-order valence-corrected chi connectivity index (χ2v) is 5.51. The van der Waals surface area contributed by atoms with E-state index in [1.807, 2.05) is 24.3 Å². The first-order valence-corrected chi connectivity index (χ1v) is 6.41. The van der Waals surface area contributed by atoms with Gasteiger partial charge >= 0.3 is 0 Å². The summed E-state index contributed by atoms with van der Waals surface area (Å²) in [5, 5.41) is 0.755. The number of benzene rings is 2. The minimum atomic E-state index is -0.147. The Balaban J connectivity index is 2.17. The van der Waals surface area contributed by atoms with Crippen LogP contribution in [0.25, 0.3) is 0 Å². The van der Waals surface area contributed by atoms with Gasteiger partial charge in [-0.2, -0.15) is 0 Å². The molecule has 0 unspecified atom stereocenters. The summed E-state index contributed by atoms with van der Waals surface area (Å²) in [5.41, 5.74) is 4.55. The maximum absolute atomic E-state index is 5.93. The number of fused-ring (bicyclic) bond motifs is 1. The van der Waals surface area contributed by atoms with Crippen molar-refractivity contribution >= 4 is 17.3 Å². The maximum Gasteiger partial charge on any atom is 0.0814 e. The van der Waals surface area contributed by atoms with E-state index in [1.165, 1.54) is 11.1 Å². The van der Waals surface area contributed by atoms with Gasteiger partial charge in [0.15, 0.2) is 0 Å². The zero-order valence-electron chi connectivity index (χ0n) is 10.4. The zero-order chi connectivity index (χ0) is 12.8. The van der Waals surface area contributed by atoms with Crippen molar-refractivity contribution in [3.8, 4) is 0 Å². The molecule has 3 rings (SSSR count). The van der Waals surface area contributed by atoms with Crippen molar-refractivity contribution in [3.63, 3.8) is 0 Å². The van der Waals surface area contributed by atoms with Crippen molar-refractivity contribution in [2.24, 2.45) is 4.99 Å².